The molecule has 0 aromatic heterocycles. The predicted octanol–water partition coefficient (Wildman–Crippen LogP) is 20.3. The van der Waals surface area contributed by atoms with Gasteiger partial charge in [0, 0.05) is 32.7 Å². The first-order valence-corrected chi connectivity index (χ1v) is 40.3. The molecule has 0 atom stereocenters. The van der Waals surface area contributed by atoms with Gasteiger partial charge in [-0.2, -0.15) is 0 Å². The second-order valence-electron chi connectivity index (χ2n) is 23.3. The van der Waals surface area contributed by atoms with Crippen molar-refractivity contribution in [2.45, 2.75) is 166 Å². The van der Waals surface area contributed by atoms with Gasteiger partial charge in [-0.3, -0.25) is 0 Å². The van der Waals surface area contributed by atoms with Crippen molar-refractivity contribution in [2.24, 2.45) is 0 Å². The van der Waals surface area contributed by atoms with E-state index >= 15 is 0 Å². The van der Waals surface area contributed by atoms with Gasteiger partial charge in [0.25, 0.3) is 0 Å². The Bertz CT molecular complexity index is 3580. The molecule has 14 rings (SSSR count). The van der Waals surface area contributed by atoms with E-state index in [1.165, 1.54) is 135 Å². The summed E-state index contributed by atoms with van der Waals surface area (Å²) >= 11 is 0. The SMILES string of the molecule is CC.CC(C)(C)c1ccc([S+]2CCCCC2)cc1.COc1c(C)cc([S+]2CCCCC2)cc1C.O=S1(=O)c2ccccc2[S+](c2ccccc2)c2ccccc21.c1ccc([S+]2CCCCC2)cc1.c1ccc([S+]2c3ccccc3Nc3ccccc32)cc1. The molecule has 10 heteroatoms. The summed E-state index contributed by atoms with van der Waals surface area (Å²) in [5.41, 5.74) is 6.76. The topological polar surface area (TPSA) is 55.4 Å². The summed E-state index contributed by atoms with van der Waals surface area (Å²) in [4.78, 5) is 12.6. The first kappa shape index (κ1) is 66.7. The number of ether oxygens (including phenoxy) is 1. The van der Waals surface area contributed by atoms with Crippen molar-refractivity contribution in [2.75, 3.05) is 46.9 Å². The molecule has 0 amide bonds. The maximum Gasteiger partial charge on any atom is 0.216 e. The summed E-state index contributed by atoms with van der Waals surface area (Å²) < 4.78 is 31.2. The Labute approximate surface area is 543 Å². The minimum Gasteiger partial charge on any atom is -0.496 e. The van der Waals surface area contributed by atoms with Gasteiger partial charge >= 0.3 is 0 Å². The van der Waals surface area contributed by atoms with Crippen molar-refractivity contribution < 1.29 is 13.2 Å². The van der Waals surface area contributed by atoms with Crippen LogP contribution in [-0.4, -0.2) is 50.0 Å². The number of methoxy groups -OCH3 is 1. The number of fused-ring (bicyclic) bond motifs is 4. The summed E-state index contributed by atoms with van der Waals surface area (Å²) in [5.74, 6) is 9.57. The zero-order valence-corrected chi connectivity index (χ0v) is 58.0. The van der Waals surface area contributed by atoms with Gasteiger partial charge in [-0.1, -0.05) is 150 Å². The highest BCUT2D eigenvalue weighted by atomic mass is 32.2. The Morgan fingerprint density at radius 3 is 1.08 bits per heavy atom. The van der Waals surface area contributed by atoms with Crippen LogP contribution in [0.15, 0.2) is 278 Å². The van der Waals surface area contributed by atoms with Gasteiger partial charge in [-0.25, -0.2) is 8.42 Å². The fourth-order valence-electron chi connectivity index (χ4n) is 11.7. The summed E-state index contributed by atoms with van der Waals surface area (Å²) in [6, 6.07) is 77.8. The van der Waals surface area contributed by atoms with Crippen LogP contribution >= 0.6 is 0 Å². The molecule has 458 valence electrons. The molecule has 4 nitrogen and oxygen atoms in total. The Balaban J connectivity index is 0.000000132. The second kappa shape index (κ2) is 32.8. The molecule has 5 heterocycles. The number of hydrogen-bond donors (Lipinski definition) is 1. The van der Waals surface area contributed by atoms with Crippen molar-refractivity contribution in [3.8, 4) is 5.75 Å². The third kappa shape index (κ3) is 17.0. The average molecular weight is 1280 g/mol. The highest BCUT2D eigenvalue weighted by Crippen LogP contribution is 2.46. The van der Waals surface area contributed by atoms with Crippen LogP contribution in [0.4, 0.5) is 11.4 Å². The zero-order valence-electron chi connectivity index (χ0n) is 53.1. The Kier molecular flexibility index (Phi) is 24.9. The van der Waals surface area contributed by atoms with E-state index in [9.17, 15) is 8.42 Å². The lowest BCUT2D eigenvalue weighted by Crippen LogP contribution is -2.20. The van der Waals surface area contributed by atoms with Crippen LogP contribution in [0.25, 0.3) is 0 Å². The largest absolute Gasteiger partial charge is 0.496 e. The van der Waals surface area contributed by atoms with Gasteiger partial charge in [0.1, 0.15) is 71.8 Å². The monoisotopic (exact) mass is 1280 g/mol. The third-order valence-electron chi connectivity index (χ3n) is 16.1. The molecule has 0 radical (unpaired) electrons. The lowest BCUT2D eigenvalue weighted by molar-refractivity contribution is 0.408. The van der Waals surface area contributed by atoms with Crippen molar-refractivity contribution in [1.29, 1.82) is 0 Å². The number of aryl methyl sites for hydroxylation is 2. The van der Waals surface area contributed by atoms with Gasteiger partial charge in [0.15, 0.2) is 44.1 Å². The van der Waals surface area contributed by atoms with Gasteiger partial charge < -0.3 is 10.1 Å². The standard InChI is InChI=1S/C18H14NS.C18H13O2S2.C15H23S.C14H21OS.C11H15S.C2H6/c1-2-8-14(9-3-1)20-17-12-6-4-10-15(17)19-16-11-5-7-13-18(16)20;19-22(20)17-12-6-4-10-15(17)21(14-8-2-1-3-9-14)16-11-5-7-13-18(16)22;1-15(2,3)13-7-9-14(10-8-13)16-11-5-4-6-12-16;1-11-9-13(10-12(2)14(11)15-3)16-7-5-4-6-8-16;1-3-7-11(8-4-1)12-9-5-2-6-10-12;1-2/h1-13,19H;1-13H;7-10H,4-6,11-12H2,1-3H3;9-10H,4-8H2,1-3H3;1,3-4,7-8H,2,5-6,9-10H2;1-2H3/q5*+1;. The second-order valence-corrected chi connectivity index (χ2v) is 35.9. The number of benzene rings is 9. The first-order valence-electron chi connectivity index (χ1n) is 31.7. The summed E-state index contributed by atoms with van der Waals surface area (Å²) in [5, 5.41) is 3.55. The van der Waals surface area contributed by atoms with Crippen LogP contribution in [-0.2, 0) is 69.7 Å². The smallest absolute Gasteiger partial charge is 0.216 e. The predicted molar refractivity (Wildman–Crippen MR) is 385 cm³/mol. The fraction of sp³-hybridized carbons (Fsp3) is 0.308. The molecule has 0 bridgehead atoms. The van der Waals surface area contributed by atoms with Gasteiger partial charge in [0.05, 0.1) is 18.5 Å². The lowest BCUT2D eigenvalue weighted by Gasteiger charge is -2.20. The molecule has 0 saturated carbocycles. The van der Waals surface area contributed by atoms with E-state index in [2.05, 4.69) is 198 Å². The molecule has 1 N–H and O–H groups in total. The van der Waals surface area contributed by atoms with Crippen molar-refractivity contribution in [3.63, 3.8) is 0 Å². The van der Waals surface area contributed by atoms with Crippen LogP contribution in [0.2, 0.25) is 0 Å². The minimum absolute atomic E-state index is 0.0204. The van der Waals surface area contributed by atoms with E-state index in [4.69, 9.17) is 4.74 Å². The number of rotatable bonds is 6. The minimum atomic E-state index is -3.44. The number of nitrogens with one attached hydrogen (secondary N) is 1. The molecule has 88 heavy (non-hydrogen) atoms. The molecule has 0 spiro atoms. The van der Waals surface area contributed by atoms with E-state index in [0.717, 1.165) is 20.4 Å². The quantitative estimate of drug-likeness (QED) is 0.169. The Hall–Kier alpha value is -5.72. The molecule has 9 aromatic carbocycles. The van der Waals surface area contributed by atoms with Gasteiger partial charge in [-0.05, 0) is 203 Å². The number of para-hydroxylation sites is 2. The van der Waals surface area contributed by atoms with E-state index < -0.39 is 9.84 Å². The fourth-order valence-corrected chi connectivity index (χ4v) is 25.8. The summed E-state index contributed by atoms with van der Waals surface area (Å²) in [7, 11) is -0.423. The Morgan fingerprint density at radius 2 is 0.693 bits per heavy atom. The molecule has 3 fully saturated rings. The van der Waals surface area contributed by atoms with Crippen LogP contribution in [0.5, 0.6) is 5.75 Å². The number of anilines is 2. The number of sulfone groups is 1. The molecular formula is C78H92NO3S6+5. The van der Waals surface area contributed by atoms with Gasteiger partial charge in [-0.15, -0.1) is 0 Å². The average Bonchev–Trinajstić information content (AvgIpc) is 0.904. The molecular weight excluding hydrogens is 1190 g/mol. The molecule has 9 aromatic rings. The third-order valence-corrected chi connectivity index (χ3v) is 30.4. The van der Waals surface area contributed by atoms with E-state index in [-0.39, 0.29) is 27.2 Å². The van der Waals surface area contributed by atoms with E-state index in [1.54, 1.807) is 46.1 Å². The van der Waals surface area contributed by atoms with Crippen LogP contribution < -0.4 is 10.1 Å². The normalized spacial score (nSPS) is 16.2. The van der Waals surface area contributed by atoms with Crippen LogP contribution in [0.1, 0.15) is 109 Å². The van der Waals surface area contributed by atoms with Gasteiger partial charge in [0.2, 0.25) is 9.84 Å². The van der Waals surface area contributed by atoms with Crippen molar-refractivity contribution in [1.82, 2.24) is 0 Å². The van der Waals surface area contributed by atoms with Crippen LogP contribution in [0, 0.1) is 13.8 Å². The summed E-state index contributed by atoms with van der Waals surface area (Å²) in [6.45, 7) is 15.2. The first-order chi connectivity index (χ1) is 42.9. The van der Waals surface area contributed by atoms with Crippen molar-refractivity contribution in [3.05, 3.63) is 241 Å². The van der Waals surface area contributed by atoms with Crippen LogP contribution in [0.3, 0.4) is 0 Å². The molecule has 5 aliphatic rings. The Morgan fingerprint density at radius 1 is 0.375 bits per heavy atom. The maximum absolute atomic E-state index is 12.9. The lowest BCUT2D eigenvalue weighted by atomic mass is 9.87. The van der Waals surface area contributed by atoms with Crippen molar-refractivity contribution >= 4 is 75.7 Å². The summed E-state index contributed by atoms with van der Waals surface area (Å²) in [6.07, 6.45) is 12.9. The molecule has 3 saturated heterocycles. The van der Waals surface area contributed by atoms with E-state index in [0.29, 0.717) is 42.5 Å². The zero-order chi connectivity index (χ0) is 61.9. The highest BCUT2D eigenvalue weighted by molar-refractivity contribution is 8.00. The molecule has 0 aliphatic carbocycles. The molecule has 5 aliphatic heterocycles. The maximum atomic E-state index is 12.9. The van der Waals surface area contributed by atoms with E-state index in [1.807, 2.05) is 56.3 Å². The molecule has 0 unspecified atom stereocenters. The number of hydrogen-bond acceptors (Lipinski definition) is 4. The highest BCUT2D eigenvalue weighted by Gasteiger charge is 2.45.